The summed E-state index contributed by atoms with van der Waals surface area (Å²) < 4.78 is 105. The van der Waals surface area contributed by atoms with Gasteiger partial charge in [0, 0.05) is 24.2 Å². The predicted octanol–water partition coefficient (Wildman–Crippen LogP) is 7.31. The molecule has 6 nitrogen and oxygen atoms in total. The van der Waals surface area contributed by atoms with Gasteiger partial charge >= 0.3 is 12.4 Å². The largest absolute Gasteiger partial charge is 0.497 e. The van der Waals surface area contributed by atoms with Crippen molar-refractivity contribution in [1.29, 1.82) is 0 Å². The van der Waals surface area contributed by atoms with Crippen molar-refractivity contribution in [2.45, 2.75) is 32.0 Å². The van der Waals surface area contributed by atoms with Crippen molar-refractivity contribution in [3.05, 3.63) is 130 Å². The van der Waals surface area contributed by atoms with Crippen molar-refractivity contribution < 1.29 is 49.8 Å². The summed E-state index contributed by atoms with van der Waals surface area (Å²) in [6.45, 7) is -0.985. The zero-order valence-corrected chi connectivity index (χ0v) is 23.5. The fourth-order valence-corrected chi connectivity index (χ4v) is 4.24. The zero-order valence-electron chi connectivity index (χ0n) is 23.5. The van der Waals surface area contributed by atoms with Gasteiger partial charge in [0.2, 0.25) is 0 Å². The second-order valence-electron chi connectivity index (χ2n) is 9.70. The Hall–Kier alpha value is -5.07. The average molecular weight is 635 g/mol. The molecular formula is C32H25F7N2O4. The molecule has 4 rings (SSSR count). The first-order valence-corrected chi connectivity index (χ1v) is 13.2. The number of benzene rings is 4. The first kappa shape index (κ1) is 32.8. The second kappa shape index (κ2) is 13.7. The smallest absolute Gasteiger partial charge is 0.416 e. The number of carbonyl (C=O) groups is 2. The Balaban J connectivity index is 1.36. The van der Waals surface area contributed by atoms with Crippen LogP contribution in [0.25, 0.3) is 0 Å². The molecule has 2 N–H and O–H groups in total. The maximum atomic E-state index is 13.8. The van der Waals surface area contributed by atoms with E-state index in [0.717, 1.165) is 24.3 Å². The minimum atomic E-state index is -4.75. The quantitative estimate of drug-likeness (QED) is 0.180. The van der Waals surface area contributed by atoms with E-state index < -0.39 is 54.2 Å². The third-order valence-corrected chi connectivity index (χ3v) is 6.62. The van der Waals surface area contributed by atoms with Crippen molar-refractivity contribution in [2.75, 3.05) is 7.11 Å². The number of hydrogen-bond donors (Lipinski definition) is 2. The van der Waals surface area contributed by atoms with Crippen molar-refractivity contribution in [3.8, 4) is 11.5 Å². The predicted molar refractivity (Wildman–Crippen MR) is 149 cm³/mol. The third kappa shape index (κ3) is 8.74. The number of alkyl halides is 6. The van der Waals surface area contributed by atoms with E-state index >= 15 is 0 Å². The van der Waals surface area contributed by atoms with Gasteiger partial charge in [0.15, 0.2) is 0 Å². The molecule has 4 aromatic carbocycles. The van der Waals surface area contributed by atoms with E-state index in [-0.39, 0.29) is 40.4 Å². The highest BCUT2D eigenvalue weighted by Gasteiger charge is 2.35. The molecule has 0 unspecified atom stereocenters. The number of ether oxygens (including phenoxy) is 2. The van der Waals surface area contributed by atoms with Crippen LogP contribution in [-0.2, 0) is 32.0 Å². The SMILES string of the molecule is COc1ccc(CNC(=O)c2ccc(COc3ccc(CNC(=O)c4ccc(F)cc4)c(C(F)(F)F)c3)cc2)c(C(F)(F)F)c1. The lowest BCUT2D eigenvalue weighted by molar-refractivity contribution is -0.139. The van der Waals surface area contributed by atoms with Crippen LogP contribution >= 0.6 is 0 Å². The summed E-state index contributed by atoms with van der Waals surface area (Å²) in [5, 5.41) is 4.82. The zero-order chi connectivity index (χ0) is 32.8. The fraction of sp³-hybridized carbons (Fsp3) is 0.188. The maximum absolute atomic E-state index is 13.8. The molecule has 0 saturated carbocycles. The van der Waals surface area contributed by atoms with Crippen LogP contribution in [0.3, 0.4) is 0 Å². The molecule has 0 aliphatic rings. The molecule has 0 spiro atoms. The molecular weight excluding hydrogens is 609 g/mol. The molecule has 4 aromatic rings. The summed E-state index contributed by atoms with van der Waals surface area (Å²) in [6.07, 6.45) is -9.41. The fourth-order valence-electron chi connectivity index (χ4n) is 4.24. The van der Waals surface area contributed by atoms with Crippen molar-refractivity contribution in [1.82, 2.24) is 10.6 Å². The third-order valence-electron chi connectivity index (χ3n) is 6.62. The average Bonchev–Trinajstić information content (AvgIpc) is 3.01. The molecule has 13 heteroatoms. The highest BCUT2D eigenvalue weighted by Crippen LogP contribution is 2.36. The van der Waals surface area contributed by atoms with Crippen LogP contribution in [0.2, 0.25) is 0 Å². The van der Waals surface area contributed by atoms with E-state index in [0.29, 0.717) is 5.56 Å². The molecule has 0 heterocycles. The second-order valence-corrected chi connectivity index (χ2v) is 9.70. The van der Waals surface area contributed by atoms with Crippen LogP contribution in [0.1, 0.15) is 48.5 Å². The Bertz CT molecular complexity index is 1650. The van der Waals surface area contributed by atoms with Gasteiger partial charge in [-0.05, 0) is 77.4 Å². The Morgan fingerprint density at radius 1 is 0.644 bits per heavy atom. The molecule has 45 heavy (non-hydrogen) atoms. The van der Waals surface area contributed by atoms with Crippen LogP contribution in [0.4, 0.5) is 30.7 Å². The molecule has 0 saturated heterocycles. The molecule has 0 fully saturated rings. The van der Waals surface area contributed by atoms with Crippen LogP contribution < -0.4 is 20.1 Å². The molecule has 0 radical (unpaired) electrons. The van der Waals surface area contributed by atoms with E-state index in [9.17, 15) is 40.3 Å². The Labute approximate surface area is 252 Å². The summed E-state index contributed by atoms with van der Waals surface area (Å²) in [4.78, 5) is 24.8. The number of amides is 2. The van der Waals surface area contributed by atoms with Crippen LogP contribution in [0.5, 0.6) is 11.5 Å². The monoisotopic (exact) mass is 634 g/mol. The highest BCUT2D eigenvalue weighted by molar-refractivity contribution is 5.94. The van der Waals surface area contributed by atoms with Crippen molar-refractivity contribution >= 4 is 11.8 Å². The van der Waals surface area contributed by atoms with E-state index in [1.165, 1.54) is 67.8 Å². The first-order valence-electron chi connectivity index (χ1n) is 13.2. The Morgan fingerprint density at radius 2 is 1.09 bits per heavy atom. The Morgan fingerprint density at radius 3 is 1.56 bits per heavy atom. The minimum Gasteiger partial charge on any atom is -0.497 e. The Kier molecular flexibility index (Phi) is 10.00. The van der Waals surface area contributed by atoms with E-state index in [2.05, 4.69) is 10.6 Å². The molecule has 0 bridgehead atoms. The van der Waals surface area contributed by atoms with Crippen LogP contribution in [0.15, 0.2) is 84.9 Å². The van der Waals surface area contributed by atoms with Gasteiger partial charge in [-0.15, -0.1) is 0 Å². The summed E-state index contributed by atoms with van der Waals surface area (Å²) in [5.41, 5.74) is -1.58. The number of hydrogen-bond acceptors (Lipinski definition) is 4. The lowest BCUT2D eigenvalue weighted by Crippen LogP contribution is -2.24. The summed E-state index contributed by atoms with van der Waals surface area (Å²) in [6, 6.07) is 17.0. The molecule has 0 atom stereocenters. The molecule has 0 aromatic heterocycles. The van der Waals surface area contributed by atoms with Gasteiger partial charge in [0.05, 0.1) is 18.2 Å². The number of carbonyl (C=O) groups excluding carboxylic acids is 2. The molecule has 236 valence electrons. The maximum Gasteiger partial charge on any atom is 0.416 e. The van der Waals surface area contributed by atoms with Gasteiger partial charge < -0.3 is 20.1 Å². The number of methoxy groups -OCH3 is 1. The van der Waals surface area contributed by atoms with Gasteiger partial charge in [-0.1, -0.05) is 24.3 Å². The van der Waals surface area contributed by atoms with Crippen molar-refractivity contribution in [2.24, 2.45) is 0 Å². The summed E-state index contributed by atoms with van der Waals surface area (Å²) in [5.74, 6) is -1.95. The van der Waals surface area contributed by atoms with Gasteiger partial charge in [0.25, 0.3) is 11.8 Å². The summed E-state index contributed by atoms with van der Waals surface area (Å²) in [7, 11) is 1.24. The normalized spacial score (nSPS) is 11.6. The topological polar surface area (TPSA) is 76.7 Å². The number of rotatable bonds is 10. The van der Waals surface area contributed by atoms with Crippen LogP contribution in [0, 0.1) is 5.82 Å². The van der Waals surface area contributed by atoms with E-state index in [1.54, 1.807) is 0 Å². The first-order chi connectivity index (χ1) is 21.2. The number of halogens is 7. The van der Waals surface area contributed by atoms with E-state index in [4.69, 9.17) is 9.47 Å². The van der Waals surface area contributed by atoms with Crippen molar-refractivity contribution in [3.63, 3.8) is 0 Å². The van der Waals surface area contributed by atoms with Gasteiger partial charge in [0.1, 0.15) is 23.9 Å². The van der Waals surface area contributed by atoms with E-state index in [1.807, 2.05) is 0 Å². The van der Waals surface area contributed by atoms with Gasteiger partial charge in [-0.25, -0.2) is 4.39 Å². The molecule has 2 amide bonds. The lowest BCUT2D eigenvalue weighted by Gasteiger charge is -2.16. The minimum absolute atomic E-state index is 0.0211. The van der Waals surface area contributed by atoms with Gasteiger partial charge in [-0.2, -0.15) is 26.3 Å². The number of nitrogens with one attached hydrogen (secondary N) is 2. The van der Waals surface area contributed by atoms with Crippen LogP contribution in [-0.4, -0.2) is 18.9 Å². The molecule has 0 aliphatic carbocycles. The molecule has 0 aliphatic heterocycles. The van der Waals surface area contributed by atoms with Gasteiger partial charge in [-0.3, -0.25) is 9.59 Å². The summed E-state index contributed by atoms with van der Waals surface area (Å²) >= 11 is 0. The lowest BCUT2D eigenvalue weighted by atomic mass is 10.1. The highest BCUT2D eigenvalue weighted by atomic mass is 19.4. The standard InChI is InChI=1S/C32H25F7N2O4/c1-44-25-12-8-22(27(14-25)31(34,35)36)16-40-29(42)20-4-2-19(3-5-20)18-45-26-13-9-23(28(15-26)32(37,38)39)17-41-30(43)21-6-10-24(33)11-7-21/h2-15H,16-18H2,1H3,(H,40,42)(H,41,43).